The molecular formula is C20H23NO. The largest absolute Gasteiger partial charge is 0.377 e. The first-order chi connectivity index (χ1) is 10.8. The standard InChI is InChI=1S/C20H23NO/c21-16-11-12-22-19(13-16)20-17-7-3-1-5-14(17)9-10-15-6-2-4-8-18(15)20/h1-8,16,19-20H,9-13,21H2/t16-,19?/m0/s1. The van der Waals surface area contributed by atoms with Gasteiger partial charge in [-0.2, -0.15) is 0 Å². The summed E-state index contributed by atoms with van der Waals surface area (Å²) in [6, 6.07) is 18.0. The van der Waals surface area contributed by atoms with Crippen molar-refractivity contribution in [2.24, 2.45) is 5.73 Å². The minimum atomic E-state index is 0.198. The summed E-state index contributed by atoms with van der Waals surface area (Å²) in [7, 11) is 0. The fourth-order valence-corrected chi connectivity index (χ4v) is 4.06. The Morgan fingerprint density at radius 3 is 2.05 bits per heavy atom. The van der Waals surface area contributed by atoms with Gasteiger partial charge >= 0.3 is 0 Å². The van der Waals surface area contributed by atoms with Crippen LogP contribution in [0.15, 0.2) is 48.5 Å². The minimum Gasteiger partial charge on any atom is -0.377 e. The zero-order chi connectivity index (χ0) is 14.9. The van der Waals surface area contributed by atoms with Crippen LogP contribution in [0.2, 0.25) is 0 Å². The number of benzene rings is 2. The summed E-state index contributed by atoms with van der Waals surface area (Å²) in [5, 5.41) is 0. The van der Waals surface area contributed by atoms with E-state index in [0.717, 1.165) is 32.3 Å². The third-order valence-electron chi connectivity index (χ3n) is 5.17. The molecule has 22 heavy (non-hydrogen) atoms. The molecule has 0 amide bonds. The summed E-state index contributed by atoms with van der Waals surface area (Å²) >= 11 is 0. The lowest BCUT2D eigenvalue weighted by Crippen LogP contribution is -2.38. The van der Waals surface area contributed by atoms with Crippen molar-refractivity contribution in [3.05, 3.63) is 70.8 Å². The van der Waals surface area contributed by atoms with Crippen molar-refractivity contribution < 1.29 is 4.74 Å². The van der Waals surface area contributed by atoms with Gasteiger partial charge in [0.05, 0.1) is 6.10 Å². The second kappa shape index (κ2) is 5.86. The van der Waals surface area contributed by atoms with E-state index in [-0.39, 0.29) is 12.1 Å². The highest BCUT2D eigenvalue weighted by atomic mass is 16.5. The molecule has 0 radical (unpaired) electrons. The molecule has 1 unspecified atom stereocenters. The number of hydrogen-bond donors (Lipinski definition) is 1. The molecule has 1 aliphatic carbocycles. The van der Waals surface area contributed by atoms with Crippen LogP contribution in [0.1, 0.15) is 41.0 Å². The first kappa shape index (κ1) is 14.0. The molecule has 1 fully saturated rings. The average molecular weight is 293 g/mol. The molecule has 0 aromatic heterocycles. The summed E-state index contributed by atoms with van der Waals surface area (Å²) in [4.78, 5) is 0. The molecule has 2 aromatic rings. The van der Waals surface area contributed by atoms with Gasteiger partial charge in [0, 0.05) is 18.6 Å². The van der Waals surface area contributed by atoms with Crippen molar-refractivity contribution in [2.45, 2.75) is 43.7 Å². The summed E-state index contributed by atoms with van der Waals surface area (Å²) in [6.07, 6.45) is 4.36. The molecule has 2 aromatic carbocycles. The maximum atomic E-state index is 6.23. The van der Waals surface area contributed by atoms with Gasteiger partial charge in [0.1, 0.15) is 0 Å². The van der Waals surface area contributed by atoms with E-state index in [1.807, 2.05) is 0 Å². The van der Waals surface area contributed by atoms with Crippen LogP contribution in [-0.2, 0) is 17.6 Å². The molecule has 2 heteroatoms. The Balaban J connectivity index is 1.83. The monoisotopic (exact) mass is 293 g/mol. The quantitative estimate of drug-likeness (QED) is 0.874. The Morgan fingerprint density at radius 2 is 1.45 bits per heavy atom. The highest BCUT2D eigenvalue weighted by Gasteiger charge is 2.33. The Hall–Kier alpha value is -1.64. The molecule has 114 valence electrons. The van der Waals surface area contributed by atoms with E-state index in [9.17, 15) is 0 Å². The lowest BCUT2D eigenvalue weighted by atomic mass is 9.81. The first-order valence-electron chi connectivity index (χ1n) is 8.35. The number of nitrogens with two attached hydrogens (primary N) is 1. The van der Waals surface area contributed by atoms with Gasteiger partial charge in [-0.3, -0.25) is 0 Å². The Labute approximate surface area is 132 Å². The van der Waals surface area contributed by atoms with Crippen molar-refractivity contribution in [3.8, 4) is 0 Å². The van der Waals surface area contributed by atoms with Crippen LogP contribution in [0.25, 0.3) is 0 Å². The van der Waals surface area contributed by atoms with Crippen LogP contribution in [0, 0.1) is 0 Å². The van der Waals surface area contributed by atoms with E-state index >= 15 is 0 Å². The Kier molecular flexibility index (Phi) is 3.73. The Bertz CT molecular complexity index is 619. The number of hydrogen-bond acceptors (Lipinski definition) is 2. The van der Waals surface area contributed by atoms with E-state index in [4.69, 9.17) is 10.5 Å². The maximum absolute atomic E-state index is 6.23. The van der Waals surface area contributed by atoms with E-state index in [1.165, 1.54) is 22.3 Å². The predicted octanol–water partition coefficient (Wildman–Crippen LogP) is 3.42. The van der Waals surface area contributed by atoms with E-state index in [0.29, 0.717) is 5.92 Å². The van der Waals surface area contributed by atoms with Gasteiger partial charge in [0.25, 0.3) is 0 Å². The zero-order valence-electron chi connectivity index (χ0n) is 12.9. The van der Waals surface area contributed by atoms with Crippen molar-refractivity contribution in [3.63, 3.8) is 0 Å². The lowest BCUT2D eigenvalue weighted by Gasteiger charge is -2.34. The molecule has 4 rings (SSSR count). The van der Waals surface area contributed by atoms with Gasteiger partial charge in [0.15, 0.2) is 0 Å². The topological polar surface area (TPSA) is 35.2 Å². The molecular weight excluding hydrogens is 270 g/mol. The van der Waals surface area contributed by atoms with Crippen LogP contribution in [-0.4, -0.2) is 18.8 Å². The van der Waals surface area contributed by atoms with Crippen molar-refractivity contribution in [1.82, 2.24) is 0 Å². The van der Waals surface area contributed by atoms with Crippen LogP contribution in [0.5, 0.6) is 0 Å². The second-order valence-electron chi connectivity index (χ2n) is 6.57. The summed E-state index contributed by atoms with van der Waals surface area (Å²) in [5.74, 6) is 0.321. The third-order valence-corrected chi connectivity index (χ3v) is 5.17. The normalized spacial score (nSPS) is 25.1. The van der Waals surface area contributed by atoms with E-state index in [2.05, 4.69) is 48.5 Å². The van der Waals surface area contributed by atoms with Gasteiger partial charge < -0.3 is 10.5 Å². The van der Waals surface area contributed by atoms with Crippen LogP contribution in [0.4, 0.5) is 0 Å². The fourth-order valence-electron chi connectivity index (χ4n) is 4.06. The molecule has 1 heterocycles. The highest BCUT2D eigenvalue weighted by molar-refractivity contribution is 5.46. The molecule has 0 spiro atoms. The molecule has 0 bridgehead atoms. The summed E-state index contributed by atoms with van der Waals surface area (Å²) in [5.41, 5.74) is 12.0. The van der Waals surface area contributed by atoms with Crippen molar-refractivity contribution in [2.75, 3.05) is 6.61 Å². The average Bonchev–Trinajstić information content (AvgIpc) is 2.71. The Morgan fingerprint density at radius 1 is 0.864 bits per heavy atom. The number of aryl methyl sites for hydroxylation is 2. The molecule has 2 nitrogen and oxygen atoms in total. The predicted molar refractivity (Wildman–Crippen MR) is 89.1 cm³/mol. The first-order valence-corrected chi connectivity index (χ1v) is 8.35. The number of ether oxygens (including phenoxy) is 1. The van der Waals surface area contributed by atoms with Crippen molar-refractivity contribution >= 4 is 0 Å². The SMILES string of the molecule is N[C@H]1CCOC(C2c3ccccc3CCc3ccccc32)C1. The van der Waals surface area contributed by atoms with E-state index in [1.54, 1.807) is 0 Å². The van der Waals surface area contributed by atoms with Crippen LogP contribution < -0.4 is 5.73 Å². The lowest BCUT2D eigenvalue weighted by molar-refractivity contribution is -0.00150. The third kappa shape index (κ3) is 2.47. The van der Waals surface area contributed by atoms with Crippen LogP contribution >= 0.6 is 0 Å². The van der Waals surface area contributed by atoms with Gasteiger partial charge in [-0.15, -0.1) is 0 Å². The molecule has 2 N–H and O–H groups in total. The van der Waals surface area contributed by atoms with E-state index < -0.39 is 0 Å². The van der Waals surface area contributed by atoms with Gasteiger partial charge in [-0.1, -0.05) is 48.5 Å². The van der Waals surface area contributed by atoms with Gasteiger partial charge in [0.2, 0.25) is 0 Å². The molecule has 1 aliphatic heterocycles. The molecule has 1 saturated heterocycles. The second-order valence-corrected chi connectivity index (χ2v) is 6.57. The molecule has 0 saturated carbocycles. The summed E-state index contributed by atoms with van der Waals surface area (Å²) in [6.45, 7) is 0.784. The summed E-state index contributed by atoms with van der Waals surface area (Å²) < 4.78 is 6.18. The minimum absolute atomic E-state index is 0.198. The smallest absolute Gasteiger partial charge is 0.0699 e. The molecule has 2 atom stereocenters. The fraction of sp³-hybridized carbons (Fsp3) is 0.400. The molecule has 2 aliphatic rings. The zero-order valence-corrected chi connectivity index (χ0v) is 12.9. The number of rotatable bonds is 1. The van der Waals surface area contributed by atoms with Crippen molar-refractivity contribution in [1.29, 1.82) is 0 Å². The van der Waals surface area contributed by atoms with Gasteiger partial charge in [-0.25, -0.2) is 0 Å². The maximum Gasteiger partial charge on any atom is 0.0699 e. The number of fused-ring (bicyclic) bond motifs is 2. The van der Waals surface area contributed by atoms with Crippen LogP contribution in [0.3, 0.4) is 0 Å². The highest BCUT2D eigenvalue weighted by Crippen LogP contribution is 2.39. The van der Waals surface area contributed by atoms with Gasteiger partial charge in [-0.05, 0) is 47.9 Å².